The normalized spacial score (nSPS) is 24.6. The molecule has 1 aliphatic heterocycles. The van der Waals surface area contributed by atoms with Crippen LogP contribution in [0.5, 0.6) is 0 Å². The molecular weight excluding hydrogens is 445 g/mol. The Hall–Kier alpha value is -1.47. The summed E-state index contributed by atoms with van der Waals surface area (Å²) in [6.07, 6.45) is -6.16. The molecule has 0 aliphatic carbocycles. The highest BCUT2D eigenvalue weighted by molar-refractivity contribution is 7.55. The first-order valence-corrected chi connectivity index (χ1v) is 11.2. The van der Waals surface area contributed by atoms with Crippen molar-refractivity contribution >= 4 is 7.60 Å². The van der Waals surface area contributed by atoms with Gasteiger partial charge in [-0.25, -0.2) is 4.79 Å². The molecule has 1 aromatic heterocycles. The topological polar surface area (TPSA) is 149 Å². The molecule has 2 heterocycles. The second-order valence-electron chi connectivity index (χ2n) is 6.80. The first-order valence-electron chi connectivity index (χ1n) is 9.66. The van der Waals surface area contributed by atoms with Gasteiger partial charge in [0, 0.05) is 11.8 Å². The van der Waals surface area contributed by atoms with E-state index in [2.05, 4.69) is 0 Å². The maximum Gasteiger partial charge on any atom is 0.399 e. The number of ether oxygens (including phenoxy) is 2. The van der Waals surface area contributed by atoms with E-state index in [1.807, 2.05) is 4.98 Å². The van der Waals surface area contributed by atoms with Crippen molar-refractivity contribution in [3.63, 3.8) is 0 Å². The number of rotatable bonds is 11. The first-order chi connectivity index (χ1) is 14.5. The van der Waals surface area contributed by atoms with E-state index in [-0.39, 0.29) is 25.4 Å². The zero-order valence-corrected chi connectivity index (χ0v) is 18.2. The van der Waals surface area contributed by atoms with Crippen molar-refractivity contribution in [2.75, 3.05) is 26.4 Å². The Labute approximate surface area is 176 Å². The minimum absolute atomic E-state index is 0.129. The van der Waals surface area contributed by atoms with Gasteiger partial charge in [0.25, 0.3) is 5.56 Å². The molecule has 11 nitrogen and oxygen atoms in total. The Morgan fingerprint density at radius 3 is 2.45 bits per heavy atom. The number of alkyl halides is 2. The van der Waals surface area contributed by atoms with Crippen molar-refractivity contribution in [1.29, 1.82) is 0 Å². The summed E-state index contributed by atoms with van der Waals surface area (Å²) in [4.78, 5) is 25.9. The van der Waals surface area contributed by atoms with Crippen LogP contribution in [0.25, 0.3) is 0 Å². The molecule has 14 heteroatoms. The molecule has 0 amide bonds. The number of aromatic nitrogens is 2. The number of nitrogens with zero attached hydrogens (tertiary/aromatic N) is 1. The molecule has 0 saturated carbocycles. The lowest BCUT2D eigenvalue weighted by atomic mass is 10.1. The van der Waals surface area contributed by atoms with Gasteiger partial charge in [-0.15, -0.1) is 0 Å². The van der Waals surface area contributed by atoms with Crippen LogP contribution in [0.4, 0.5) is 8.78 Å². The zero-order chi connectivity index (χ0) is 23.4. The van der Waals surface area contributed by atoms with E-state index in [0.717, 1.165) is 10.8 Å². The molecule has 0 aromatic carbocycles. The van der Waals surface area contributed by atoms with Crippen LogP contribution in [-0.4, -0.2) is 70.2 Å². The molecule has 1 saturated heterocycles. The van der Waals surface area contributed by atoms with Crippen molar-refractivity contribution < 1.29 is 42.1 Å². The molecule has 0 radical (unpaired) electrons. The highest BCUT2D eigenvalue weighted by Gasteiger charge is 2.58. The third kappa shape index (κ3) is 5.48. The number of aromatic amines is 1. The SMILES string of the molecule is CCOP(=O)(OCC)C(F)(F)C[C@H]1O[C@@H](n2cc(C)c(=O)[nH]c2=O)[C@H](OCCO)[C@@H]1O. The van der Waals surface area contributed by atoms with Gasteiger partial charge in [-0.1, -0.05) is 0 Å². The standard InChI is InChI=1S/C17H27F2N2O9P/c1-4-28-31(26,29-5-2)17(18,19)8-11-12(23)13(27-7-6-22)15(30-11)21-9-10(3)14(24)20-16(21)25/h9,11-13,15,22-23H,4-8H2,1-3H3,(H,20,24,25)/t11-,12-,13-,15-/m1/s1. The third-order valence-electron chi connectivity index (χ3n) is 4.58. The van der Waals surface area contributed by atoms with E-state index in [0.29, 0.717) is 0 Å². The van der Waals surface area contributed by atoms with Crippen LogP contribution >= 0.6 is 7.60 Å². The van der Waals surface area contributed by atoms with E-state index in [9.17, 15) is 28.0 Å². The predicted octanol–water partition coefficient (Wildman–Crippen LogP) is 0.730. The fourth-order valence-corrected chi connectivity index (χ4v) is 4.71. The molecule has 0 unspecified atom stereocenters. The zero-order valence-electron chi connectivity index (χ0n) is 17.3. The Morgan fingerprint density at radius 1 is 1.29 bits per heavy atom. The fourth-order valence-electron chi connectivity index (χ4n) is 3.17. The number of aryl methyl sites for hydroxylation is 1. The summed E-state index contributed by atoms with van der Waals surface area (Å²) in [6, 6.07) is 0. The quantitative estimate of drug-likeness (QED) is 0.396. The van der Waals surface area contributed by atoms with Gasteiger partial charge in [0.1, 0.15) is 12.2 Å². The highest BCUT2D eigenvalue weighted by atomic mass is 31.2. The van der Waals surface area contributed by atoms with Gasteiger partial charge < -0.3 is 28.7 Å². The molecule has 3 N–H and O–H groups in total. The first kappa shape index (κ1) is 25.8. The van der Waals surface area contributed by atoms with Crippen molar-refractivity contribution in [3.05, 3.63) is 32.6 Å². The monoisotopic (exact) mass is 472 g/mol. The molecular formula is C17H27F2N2O9P. The Kier molecular flexibility index (Phi) is 8.68. The Bertz CT molecular complexity index is 896. The van der Waals surface area contributed by atoms with Crippen LogP contribution in [0.15, 0.2) is 15.8 Å². The molecule has 0 bridgehead atoms. The molecule has 2 rings (SSSR count). The minimum Gasteiger partial charge on any atom is -0.394 e. The number of hydrogen-bond donors (Lipinski definition) is 3. The van der Waals surface area contributed by atoms with Gasteiger partial charge >= 0.3 is 18.9 Å². The fraction of sp³-hybridized carbons (Fsp3) is 0.765. The van der Waals surface area contributed by atoms with E-state index in [1.165, 1.54) is 20.8 Å². The largest absolute Gasteiger partial charge is 0.399 e. The Morgan fingerprint density at radius 2 is 1.90 bits per heavy atom. The number of hydrogen-bond acceptors (Lipinski definition) is 9. The number of H-pyrrole nitrogens is 1. The van der Waals surface area contributed by atoms with Crippen molar-refractivity contribution in [3.8, 4) is 0 Å². The number of aliphatic hydroxyl groups excluding tert-OH is 2. The van der Waals surface area contributed by atoms with Crippen LogP contribution < -0.4 is 11.2 Å². The van der Waals surface area contributed by atoms with E-state index in [1.54, 1.807) is 0 Å². The summed E-state index contributed by atoms with van der Waals surface area (Å²) in [6.45, 7) is 2.86. The van der Waals surface area contributed by atoms with Crippen LogP contribution in [0.3, 0.4) is 0 Å². The summed E-state index contributed by atoms with van der Waals surface area (Å²) in [5, 5.41) is 19.6. The van der Waals surface area contributed by atoms with E-state index in [4.69, 9.17) is 23.6 Å². The van der Waals surface area contributed by atoms with E-state index < -0.39 is 62.1 Å². The summed E-state index contributed by atoms with van der Waals surface area (Å²) in [5.74, 6) is 0. The van der Waals surface area contributed by atoms with Crippen LogP contribution in [-0.2, 0) is 23.1 Å². The second-order valence-corrected chi connectivity index (χ2v) is 8.96. The Balaban J connectivity index is 2.38. The van der Waals surface area contributed by atoms with Gasteiger partial charge in [0.05, 0.1) is 39.0 Å². The average molecular weight is 472 g/mol. The summed E-state index contributed by atoms with van der Waals surface area (Å²) < 4.78 is 63.5. The molecule has 1 aromatic rings. The molecule has 178 valence electrons. The highest BCUT2D eigenvalue weighted by Crippen LogP contribution is 2.64. The average Bonchev–Trinajstić information content (AvgIpc) is 2.98. The van der Waals surface area contributed by atoms with E-state index >= 15 is 0 Å². The molecule has 1 fully saturated rings. The predicted molar refractivity (Wildman–Crippen MR) is 103 cm³/mol. The van der Waals surface area contributed by atoms with Crippen LogP contribution in [0.1, 0.15) is 32.1 Å². The summed E-state index contributed by atoms with van der Waals surface area (Å²) in [7, 11) is -4.88. The van der Waals surface area contributed by atoms with Crippen molar-refractivity contribution in [1.82, 2.24) is 9.55 Å². The van der Waals surface area contributed by atoms with Crippen LogP contribution in [0.2, 0.25) is 0 Å². The third-order valence-corrected chi connectivity index (χ3v) is 6.76. The number of nitrogens with one attached hydrogen (secondary N) is 1. The van der Waals surface area contributed by atoms with Gasteiger partial charge in [-0.2, -0.15) is 8.78 Å². The molecule has 0 spiro atoms. The van der Waals surface area contributed by atoms with Crippen LogP contribution in [0, 0.1) is 6.92 Å². The van der Waals surface area contributed by atoms with Gasteiger partial charge in [0.2, 0.25) is 0 Å². The summed E-state index contributed by atoms with van der Waals surface area (Å²) >= 11 is 0. The number of halogens is 2. The lowest BCUT2D eigenvalue weighted by molar-refractivity contribution is -0.0847. The molecule has 31 heavy (non-hydrogen) atoms. The maximum atomic E-state index is 14.9. The molecule has 4 atom stereocenters. The van der Waals surface area contributed by atoms with Crippen molar-refractivity contribution in [2.45, 2.75) is 57.4 Å². The smallest absolute Gasteiger partial charge is 0.394 e. The lowest BCUT2D eigenvalue weighted by Gasteiger charge is -2.28. The second kappa shape index (κ2) is 10.4. The van der Waals surface area contributed by atoms with Gasteiger partial charge in [-0.05, 0) is 20.8 Å². The van der Waals surface area contributed by atoms with Crippen molar-refractivity contribution in [2.24, 2.45) is 0 Å². The summed E-state index contributed by atoms with van der Waals surface area (Å²) in [5.41, 5.74) is -5.45. The molecule has 1 aliphatic rings. The van der Waals surface area contributed by atoms with Gasteiger partial charge in [-0.3, -0.25) is 18.9 Å². The maximum absolute atomic E-state index is 14.9. The minimum atomic E-state index is -4.88. The lowest BCUT2D eigenvalue weighted by Crippen LogP contribution is -2.40. The van der Waals surface area contributed by atoms with Gasteiger partial charge in [0.15, 0.2) is 6.23 Å². The number of aliphatic hydroxyl groups is 2.